The minimum atomic E-state index is -0.167. The second-order valence-corrected chi connectivity index (χ2v) is 3.30. The monoisotopic (exact) mass is 168 g/mol. The van der Waals surface area contributed by atoms with Crippen molar-refractivity contribution in [3.05, 3.63) is 0 Å². The molecular formula is C8H12N2O2. The summed E-state index contributed by atoms with van der Waals surface area (Å²) in [6.07, 6.45) is 1.07. The smallest absolute Gasteiger partial charge is 0.230 e. The van der Waals surface area contributed by atoms with Crippen molar-refractivity contribution in [3.63, 3.8) is 0 Å². The van der Waals surface area contributed by atoms with E-state index in [9.17, 15) is 9.59 Å². The normalized spacial score (nSPS) is 30.3. The molecule has 1 amide bonds. The number of carbonyl (C=O) groups is 2. The number of ketones is 1. The number of rotatable bonds is 0. The molecule has 2 heterocycles. The lowest BCUT2D eigenvalue weighted by Crippen LogP contribution is -2.39. The molecule has 2 aliphatic heterocycles. The maximum absolute atomic E-state index is 11.3. The fraction of sp³-hybridized carbons (Fsp3) is 0.750. The average Bonchev–Trinajstić information content (AvgIpc) is 2.29. The Hall–Kier alpha value is -0.900. The van der Waals surface area contributed by atoms with Gasteiger partial charge in [-0.3, -0.25) is 9.59 Å². The molecule has 1 unspecified atom stereocenters. The van der Waals surface area contributed by atoms with Gasteiger partial charge in [0.05, 0.1) is 6.42 Å². The van der Waals surface area contributed by atoms with E-state index in [-0.39, 0.29) is 24.2 Å². The zero-order valence-electron chi connectivity index (χ0n) is 6.88. The van der Waals surface area contributed by atoms with Crippen LogP contribution in [0, 0.1) is 0 Å². The summed E-state index contributed by atoms with van der Waals surface area (Å²) in [4.78, 5) is 24.2. The van der Waals surface area contributed by atoms with Crippen LogP contribution in [0.4, 0.5) is 0 Å². The largest absolute Gasteiger partial charge is 0.331 e. The second kappa shape index (κ2) is 2.86. The van der Waals surface area contributed by atoms with Gasteiger partial charge in [-0.1, -0.05) is 0 Å². The molecule has 0 aliphatic carbocycles. The molecule has 0 saturated carbocycles. The first-order valence-corrected chi connectivity index (χ1v) is 4.32. The van der Waals surface area contributed by atoms with Crippen LogP contribution in [0.15, 0.2) is 0 Å². The summed E-state index contributed by atoms with van der Waals surface area (Å²) in [6, 6.07) is -0.167. The third-order valence-corrected chi connectivity index (χ3v) is 2.48. The van der Waals surface area contributed by atoms with Gasteiger partial charge >= 0.3 is 0 Å². The first-order valence-electron chi connectivity index (χ1n) is 4.32. The SMILES string of the molecule is O=C1CC(=O)N2CCCNCC12. The van der Waals surface area contributed by atoms with Gasteiger partial charge in [0.25, 0.3) is 0 Å². The number of fused-ring (bicyclic) bond motifs is 1. The number of nitrogens with one attached hydrogen (secondary N) is 1. The molecule has 0 aromatic carbocycles. The maximum Gasteiger partial charge on any atom is 0.230 e. The van der Waals surface area contributed by atoms with E-state index in [1.165, 1.54) is 0 Å². The molecule has 4 heteroatoms. The highest BCUT2D eigenvalue weighted by Crippen LogP contribution is 2.16. The van der Waals surface area contributed by atoms with E-state index in [2.05, 4.69) is 5.32 Å². The summed E-state index contributed by atoms with van der Waals surface area (Å²) < 4.78 is 0. The van der Waals surface area contributed by atoms with Gasteiger partial charge in [0.2, 0.25) is 5.91 Å². The lowest BCUT2D eigenvalue weighted by atomic mass is 10.2. The summed E-state index contributed by atoms with van der Waals surface area (Å²) >= 11 is 0. The average molecular weight is 168 g/mol. The van der Waals surface area contributed by atoms with Gasteiger partial charge in [0, 0.05) is 13.1 Å². The van der Waals surface area contributed by atoms with E-state index in [1.807, 2.05) is 0 Å². The standard InChI is InChI=1S/C8H12N2O2/c11-7-4-8(12)10-3-1-2-9-5-6(7)10/h6,9H,1-5H2. The van der Waals surface area contributed by atoms with Crippen molar-refractivity contribution in [2.45, 2.75) is 18.9 Å². The van der Waals surface area contributed by atoms with E-state index >= 15 is 0 Å². The predicted molar refractivity (Wildman–Crippen MR) is 42.6 cm³/mol. The molecular weight excluding hydrogens is 156 g/mol. The molecule has 1 atom stereocenters. The Morgan fingerprint density at radius 1 is 1.42 bits per heavy atom. The Balaban J connectivity index is 2.17. The maximum atomic E-state index is 11.3. The minimum absolute atomic E-state index is 0.00806. The minimum Gasteiger partial charge on any atom is -0.331 e. The summed E-state index contributed by atoms with van der Waals surface area (Å²) in [6.45, 7) is 2.29. The first-order chi connectivity index (χ1) is 5.79. The van der Waals surface area contributed by atoms with Crippen molar-refractivity contribution in [2.75, 3.05) is 19.6 Å². The number of hydrogen-bond acceptors (Lipinski definition) is 3. The highest BCUT2D eigenvalue weighted by atomic mass is 16.2. The van der Waals surface area contributed by atoms with Gasteiger partial charge < -0.3 is 10.2 Å². The fourth-order valence-corrected chi connectivity index (χ4v) is 1.83. The summed E-state index contributed by atoms with van der Waals surface area (Å²) in [5.41, 5.74) is 0. The lowest BCUT2D eigenvalue weighted by molar-refractivity contribution is -0.128. The van der Waals surface area contributed by atoms with Crippen LogP contribution in [-0.2, 0) is 9.59 Å². The zero-order chi connectivity index (χ0) is 8.55. The molecule has 0 radical (unpaired) electrons. The van der Waals surface area contributed by atoms with E-state index in [0.717, 1.165) is 19.5 Å². The molecule has 4 nitrogen and oxygen atoms in total. The molecule has 1 N–H and O–H groups in total. The second-order valence-electron chi connectivity index (χ2n) is 3.30. The fourth-order valence-electron chi connectivity index (χ4n) is 1.83. The van der Waals surface area contributed by atoms with Gasteiger partial charge in [-0.05, 0) is 13.0 Å². The predicted octanol–water partition coefficient (Wildman–Crippen LogP) is -0.850. The van der Waals surface area contributed by atoms with Gasteiger partial charge in [-0.15, -0.1) is 0 Å². The van der Waals surface area contributed by atoms with Crippen LogP contribution in [-0.4, -0.2) is 42.3 Å². The number of nitrogens with zero attached hydrogens (tertiary/aromatic N) is 1. The van der Waals surface area contributed by atoms with E-state index in [4.69, 9.17) is 0 Å². The molecule has 2 fully saturated rings. The van der Waals surface area contributed by atoms with E-state index in [0.29, 0.717) is 6.54 Å². The molecule has 0 bridgehead atoms. The number of Topliss-reactive ketones (excluding diaryl/α,β-unsaturated/α-hetero) is 1. The van der Waals surface area contributed by atoms with Crippen LogP contribution in [0.1, 0.15) is 12.8 Å². The molecule has 0 aromatic rings. The number of hydrogen-bond donors (Lipinski definition) is 1. The van der Waals surface area contributed by atoms with Gasteiger partial charge in [0.15, 0.2) is 5.78 Å². The zero-order valence-corrected chi connectivity index (χ0v) is 6.88. The Morgan fingerprint density at radius 2 is 2.25 bits per heavy atom. The highest BCUT2D eigenvalue weighted by Gasteiger charge is 2.38. The molecule has 2 aliphatic rings. The molecule has 0 aromatic heterocycles. The van der Waals surface area contributed by atoms with Gasteiger partial charge in [-0.2, -0.15) is 0 Å². The summed E-state index contributed by atoms with van der Waals surface area (Å²) in [5.74, 6) is 0.0862. The van der Waals surface area contributed by atoms with Gasteiger partial charge in [0.1, 0.15) is 6.04 Å². The quantitative estimate of drug-likeness (QED) is 0.479. The summed E-state index contributed by atoms with van der Waals surface area (Å²) in [7, 11) is 0. The third kappa shape index (κ3) is 1.12. The summed E-state index contributed by atoms with van der Waals surface area (Å²) in [5, 5.41) is 3.15. The molecule has 0 spiro atoms. The lowest BCUT2D eigenvalue weighted by Gasteiger charge is -2.19. The Kier molecular flexibility index (Phi) is 1.84. The number of amides is 1. The van der Waals surface area contributed by atoms with Crippen LogP contribution >= 0.6 is 0 Å². The van der Waals surface area contributed by atoms with Crippen molar-refractivity contribution in [2.24, 2.45) is 0 Å². The topological polar surface area (TPSA) is 49.4 Å². The highest BCUT2D eigenvalue weighted by molar-refractivity contribution is 6.07. The molecule has 2 saturated heterocycles. The molecule has 66 valence electrons. The van der Waals surface area contributed by atoms with Crippen molar-refractivity contribution >= 4 is 11.7 Å². The van der Waals surface area contributed by atoms with Crippen LogP contribution in [0.5, 0.6) is 0 Å². The van der Waals surface area contributed by atoms with E-state index < -0.39 is 0 Å². The molecule has 12 heavy (non-hydrogen) atoms. The van der Waals surface area contributed by atoms with Crippen LogP contribution in [0.2, 0.25) is 0 Å². The van der Waals surface area contributed by atoms with Crippen molar-refractivity contribution in [1.82, 2.24) is 10.2 Å². The van der Waals surface area contributed by atoms with E-state index in [1.54, 1.807) is 4.90 Å². The third-order valence-electron chi connectivity index (χ3n) is 2.48. The van der Waals surface area contributed by atoms with Crippen molar-refractivity contribution in [1.29, 1.82) is 0 Å². The van der Waals surface area contributed by atoms with Crippen molar-refractivity contribution in [3.8, 4) is 0 Å². The van der Waals surface area contributed by atoms with Crippen molar-refractivity contribution < 1.29 is 9.59 Å². The Labute approximate surface area is 70.9 Å². The molecule has 2 rings (SSSR count). The van der Waals surface area contributed by atoms with Crippen LogP contribution in [0.25, 0.3) is 0 Å². The number of carbonyl (C=O) groups excluding carboxylic acids is 2. The Bertz CT molecular complexity index is 205. The van der Waals surface area contributed by atoms with Gasteiger partial charge in [-0.25, -0.2) is 0 Å². The first kappa shape index (κ1) is 7.73. The Morgan fingerprint density at radius 3 is 3.08 bits per heavy atom. The van der Waals surface area contributed by atoms with Crippen LogP contribution < -0.4 is 5.32 Å². The van der Waals surface area contributed by atoms with Crippen LogP contribution in [0.3, 0.4) is 0 Å².